The van der Waals surface area contributed by atoms with Crippen LogP contribution in [-0.2, 0) is 0 Å². The Bertz CT molecular complexity index is 601. The Labute approximate surface area is 134 Å². The number of rotatable bonds is 6. The molecule has 2 N–H and O–H groups in total. The van der Waals surface area contributed by atoms with Crippen molar-refractivity contribution < 1.29 is 9.84 Å². The van der Waals surface area contributed by atoms with Crippen LogP contribution in [0.5, 0.6) is 5.75 Å². The van der Waals surface area contributed by atoms with Gasteiger partial charge in [-0.3, -0.25) is 0 Å². The van der Waals surface area contributed by atoms with Gasteiger partial charge < -0.3 is 15.2 Å². The highest BCUT2D eigenvalue weighted by Gasteiger charge is 2.07. The number of aryl methyl sites for hydroxylation is 2. The van der Waals surface area contributed by atoms with Crippen molar-refractivity contribution in [2.24, 2.45) is 0 Å². The predicted molar refractivity (Wildman–Crippen MR) is 90.0 cm³/mol. The Kier molecular flexibility index (Phi) is 5.65. The van der Waals surface area contributed by atoms with Crippen LogP contribution in [0.3, 0.4) is 0 Å². The molecule has 21 heavy (non-hydrogen) atoms. The van der Waals surface area contributed by atoms with Crippen LogP contribution in [0.2, 0.25) is 0 Å². The van der Waals surface area contributed by atoms with E-state index in [9.17, 15) is 5.11 Å². The van der Waals surface area contributed by atoms with Crippen molar-refractivity contribution in [2.75, 3.05) is 18.5 Å². The molecule has 0 heterocycles. The second kappa shape index (κ2) is 7.48. The zero-order chi connectivity index (χ0) is 15.2. The molecule has 0 radical (unpaired) electrons. The lowest BCUT2D eigenvalue weighted by molar-refractivity contribution is 0.117. The van der Waals surface area contributed by atoms with Crippen molar-refractivity contribution in [3.63, 3.8) is 0 Å². The van der Waals surface area contributed by atoms with Crippen LogP contribution in [0.25, 0.3) is 0 Å². The number of ether oxygens (including phenoxy) is 1. The maximum absolute atomic E-state index is 10.0. The van der Waals surface area contributed by atoms with E-state index in [0.717, 1.165) is 15.9 Å². The standard InChI is InChI=1S/C17H20BrNO2/c1-12-6-7-13(2)17(8-12)19-10-15(20)11-21-16-5-3-4-14(18)9-16/h3-9,15,19-20H,10-11H2,1-2H3. The predicted octanol–water partition coefficient (Wildman–Crippen LogP) is 3.92. The van der Waals surface area contributed by atoms with E-state index in [1.165, 1.54) is 11.1 Å². The van der Waals surface area contributed by atoms with E-state index in [1.54, 1.807) is 0 Å². The lowest BCUT2D eigenvalue weighted by Gasteiger charge is -2.15. The molecule has 0 saturated heterocycles. The molecule has 2 rings (SSSR count). The molecule has 0 aromatic heterocycles. The van der Waals surface area contributed by atoms with Crippen LogP contribution < -0.4 is 10.1 Å². The normalized spacial score (nSPS) is 12.0. The first-order valence-corrected chi connectivity index (χ1v) is 7.71. The smallest absolute Gasteiger partial charge is 0.120 e. The van der Waals surface area contributed by atoms with Gasteiger partial charge in [-0.05, 0) is 49.2 Å². The lowest BCUT2D eigenvalue weighted by Crippen LogP contribution is -2.26. The zero-order valence-electron chi connectivity index (χ0n) is 12.3. The molecule has 2 aromatic rings. The van der Waals surface area contributed by atoms with Gasteiger partial charge in [0.25, 0.3) is 0 Å². The zero-order valence-corrected chi connectivity index (χ0v) is 13.9. The van der Waals surface area contributed by atoms with Gasteiger partial charge in [0.2, 0.25) is 0 Å². The summed E-state index contributed by atoms with van der Waals surface area (Å²) in [6, 6.07) is 13.8. The molecular formula is C17H20BrNO2. The monoisotopic (exact) mass is 349 g/mol. The van der Waals surface area contributed by atoms with Crippen LogP contribution in [0.4, 0.5) is 5.69 Å². The van der Waals surface area contributed by atoms with Crippen LogP contribution >= 0.6 is 15.9 Å². The van der Waals surface area contributed by atoms with Gasteiger partial charge in [-0.25, -0.2) is 0 Å². The molecule has 0 bridgehead atoms. The van der Waals surface area contributed by atoms with E-state index in [4.69, 9.17) is 4.74 Å². The molecule has 2 aromatic carbocycles. The molecule has 112 valence electrons. The number of hydrogen-bond donors (Lipinski definition) is 2. The van der Waals surface area contributed by atoms with E-state index in [2.05, 4.69) is 46.4 Å². The van der Waals surface area contributed by atoms with E-state index in [0.29, 0.717) is 6.54 Å². The molecule has 4 heteroatoms. The van der Waals surface area contributed by atoms with Gasteiger partial charge in [0, 0.05) is 16.7 Å². The van der Waals surface area contributed by atoms with Gasteiger partial charge in [0.1, 0.15) is 18.5 Å². The minimum atomic E-state index is -0.566. The summed E-state index contributed by atoms with van der Waals surface area (Å²) in [5.41, 5.74) is 3.42. The molecule has 0 spiro atoms. The second-order valence-electron chi connectivity index (χ2n) is 5.12. The van der Waals surface area contributed by atoms with Gasteiger partial charge in [0.15, 0.2) is 0 Å². The topological polar surface area (TPSA) is 41.5 Å². The summed E-state index contributed by atoms with van der Waals surface area (Å²) in [6.45, 7) is 4.82. The molecule has 0 aliphatic carbocycles. The number of aliphatic hydroxyl groups excluding tert-OH is 1. The fourth-order valence-electron chi connectivity index (χ4n) is 1.96. The maximum atomic E-state index is 10.0. The summed E-state index contributed by atoms with van der Waals surface area (Å²) < 4.78 is 6.53. The molecule has 0 saturated carbocycles. The Hall–Kier alpha value is -1.52. The Balaban J connectivity index is 1.82. The molecule has 1 unspecified atom stereocenters. The van der Waals surface area contributed by atoms with E-state index in [-0.39, 0.29) is 6.61 Å². The SMILES string of the molecule is Cc1ccc(C)c(NCC(O)COc2cccc(Br)c2)c1. The number of nitrogens with one attached hydrogen (secondary N) is 1. The average molecular weight is 350 g/mol. The van der Waals surface area contributed by atoms with Crippen molar-refractivity contribution in [2.45, 2.75) is 20.0 Å². The first-order valence-electron chi connectivity index (χ1n) is 6.92. The van der Waals surface area contributed by atoms with Crippen LogP contribution in [-0.4, -0.2) is 24.4 Å². The third-order valence-corrected chi connectivity index (χ3v) is 3.65. The van der Waals surface area contributed by atoms with Gasteiger partial charge in [0.05, 0.1) is 0 Å². The summed E-state index contributed by atoms with van der Waals surface area (Å²) in [7, 11) is 0. The van der Waals surface area contributed by atoms with Crippen molar-refractivity contribution in [1.82, 2.24) is 0 Å². The van der Waals surface area contributed by atoms with E-state index >= 15 is 0 Å². The summed E-state index contributed by atoms with van der Waals surface area (Å²) >= 11 is 3.39. The van der Waals surface area contributed by atoms with Crippen molar-refractivity contribution >= 4 is 21.6 Å². The third kappa shape index (κ3) is 5.06. The minimum absolute atomic E-state index is 0.258. The molecule has 0 aliphatic rings. The molecular weight excluding hydrogens is 330 g/mol. The average Bonchev–Trinajstić information content (AvgIpc) is 2.46. The Morgan fingerprint density at radius 3 is 2.76 bits per heavy atom. The summed E-state index contributed by atoms with van der Waals surface area (Å²) in [5.74, 6) is 0.746. The number of benzene rings is 2. The van der Waals surface area contributed by atoms with E-state index < -0.39 is 6.10 Å². The lowest BCUT2D eigenvalue weighted by atomic mass is 10.1. The Morgan fingerprint density at radius 2 is 2.00 bits per heavy atom. The molecule has 0 fully saturated rings. The molecule has 1 atom stereocenters. The first-order chi connectivity index (χ1) is 10.0. The fourth-order valence-corrected chi connectivity index (χ4v) is 2.34. The van der Waals surface area contributed by atoms with Crippen LogP contribution in [0.15, 0.2) is 46.9 Å². The van der Waals surface area contributed by atoms with Gasteiger partial charge >= 0.3 is 0 Å². The summed E-state index contributed by atoms with van der Waals surface area (Å²) in [5, 5.41) is 13.3. The molecule has 0 aliphatic heterocycles. The molecule has 0 amide bonds. The van der Waals surface area contributed by atoms with Crippen molar-refractivity contribution in [1.29, 1.82) is 0 Å². The van der Waals surface area contributed by atoms with Crippen LogP contribution in [0.1, 0.15) is 11.1 Å². The highest BCUT2D eigenvalue weighted by atomic mass is 79.9. The minimum Gasteiger partial charge on any atom is -0.491 e. The first kappa shape index (κ1) is 15.9. The fraction of sp³-hybridized carbons (Fsp3) is 0.294. The highest BCUT2D eigenvalue weighted by molar-refractivity contribution is 9.10. The third-order valence-electron chi connectivity index (χ3n) is 3.16. The van der Waals surface area contributed by atoms with E-state index in [1.807, 2.05) is 31.2 Å². The number of anilines is 1. The van der Waals surface area contributed by atoms with Crippen LogP contribution in [0, 0.1) is 13.8 Å². The largest absolute Gasteiger partial charge is 0.491 e. The van der Waals surface area contributed by atoms with Crippen molar-refractivity contribution in [3.05, 3.63) is 58.1 Å². The van der Waals surface area contributed by atoms with Gasteiger partial charge in [-0.2, -0.15) is 0 Å². The Morgan fingerprint density at radius 1 is 1.19 bits per heavy atom. The second-order valence-corrected chi connectivity index (χ2v) is 6.04. The summed E-state index contributed by atoms with van der Waals surface area (Å²) in [4.78, 5) is 0. The quantitative estimate of drug-likeness (QED) is 0.830. The summed E-state index contributed by atoms with van der Waals surface area (Å²) in [6.07, 6.45) is -0.566. The van der Waals surface area contributed by atoms with Gasteiger partial charge in [-0.1, -0.05) is 34.1 Å². The van der Waals surface area contributed by atoms with Gasteiger partial charge in [-0.15, -0.1) is 0 Å². The number of hydrogen-bond acceptors (Lipinski definition) is 3. The van der Waals surface area contributed by atoms with Crippen molar-refractivity contribution in [3.8, 4) is 5.75 Å². The molecule has 3 nitrogen and oxygen atoms in total. The number of aliphatic hydroxyl groups is 1. The maximum Gasteiger partial charge on any atom is 0.120 e. The highest BCUT2D eigenvalue weighted by Crippen LogP contribution is 2.18. The number of halogens is 1.